The number of halogens is 3. The molecule has 0 atom stereocenters. The normalized spacial score (nSPS) is 11.1. The van der Waals surface area contributed by atoms with Gasteiger partial charge in [0.15, 0.2) is 5.78 Å². The lowest BCUT2D eigenvalue weighted by Crippen LogP contribution is -2.05. The van der Waals surface area contributed by atoms with Gasteiger partial charge in [0.25, 0.3) is 0 Å². The van der Waals surface area contributed by atoms with Crippen molar-refractivity contribution in [1.82, 2.24) is 0 Å². The number of hydrogen-bond acceptors (Lipinski definition) is 3. The molecule has 0 spiro atoms. The van der Waals surface area contributed by atoms with E-state index >= 15 is 0 Å². The Kier molecular flexibility index (Phi) is 5.03. The number of fused-ring (bicyclic) bond motifs is 1. The number of rotatable bonds is 3. The molecule has 0 aliphatic rings. The van der Waals surface area contributed by atoms with Crippen molar-refractivity contribution in [2.45, 2.75) is 13.3 Å². The summed E-state index contributed by atoms with van der Waals surface area (Å²) in [5, 5.41) is 10.7. The lowest BCUT2D eigenvalue weighted by Gasteiger charge is -2.06. The standard InChI is InChI=1S/C17H11BrI2O3/c1-2-12-15(14-9(18)4-3-5-13(14)23-12)16(21)8-6-10(19)17(22)11(20)7-8/h3-7,22H,2H2,1H3. The van der Waals surface area contributed by atoms with Crippen molar-refractivity contribution >= 4 is 77.9 Å². The zero-order valence-electron chi connectivity index (χ0n) is 12.0. The van der Waals surface area contributed by atoms with E-state index in [9.17, 15) is 9.90 Å². The highest BCUT2D eigenvalue weighted by Crippen LogP contribution is 2.35. The van der Waals surface area contributed by atoms with Gasteiger partial charge in [-0.3, -0.25) is 4.79 Å². The number of ketones is 1. The molecule has 6 heteroatoms. The monoisotopic (exact) mass is 596 g/mol. The van der Waals surface area contributed by atoms with Crippen LogP contribution in [0.5, 0.6) is 5.75 Å². The van der Waals surface area contributed by atoms with Gasteiger partial charge in [0.2, 0.25) is 0 Å². The van der Waals surface area contributed by atoms with Crippen LogP contribution < -0.4 is 0 Å². The molecule has 0 aliphatic heterocycles. The van der Waals surface area contributed by atoms with Crippen LogP contribution in [0.15, 0.2) is 39.2 Å². The Hall–Kier alpha value is -0.610. The third-order valence-corrected chi connectivity index (χ3v) is 5.87. The topological polar surface area (TPSA) is 50.4 Å². The average molecular weight is 597 g/mol. The minimum absolute atomic E-state index is 0.0941. The minimum Gasteiger partial charge on any atom is -0.506 e. The summed E-state index contributed by atoms with van der Waals surface area (Å²) in [6.07, 6.45) is 0.633. The summed E-state index contributed by atoms with van der Waals surface area (Å²) in [4.78, 5) is 13.1. The van der Waals surface area contributed by atoms with Crippen molar-refractivity contribution in [3.63, 3.8) is 0 Å². The van der Waals surface area contributed by atoms with Crippen molar-refractivity contribution in [2.75, 3.05) is 0 Å². The van der Waals surface area contributed by atoms with Crippen LogP contribution in [0.1, 0.15) is 28.6 Å². The highest BCUT2D eigenvalue weighted by Gasteiger charge is 2.23. The highest BCUT2D eigenvalue weighted by atomic mass is 127. The Morgan fingerprint density at radius 3 is 2.52 bits per heavy atom. The van der Waals surface area contributed by atoms with E-state index < -0.39 is 0 Å². The van der Waals surface area contributed by atoms with Crippen molar-refractivity contribution in [3.05, 3.63) is 58.8 Å². The van der Waals surface area contributed by atoms with Gasteiger partial charge >= 0.3 is 0 Å². The lowest BCUT2D eigenvalue weighted by atomic mass is 9.99. The van der Waals surface area contributed by atoms with Gasteiger partial charge in [0.05, 0.1) is 12.7 Å². The number of phenols is 1. The maximum Gasteiger partial charge on any atom is 0.197 e. The first-order valence-electron chi connectivity index (χ1n) is 6.86. The number of aromatic hydroxyl groups is 1. The van der Waals surface area contributed by atoms with E-state index in [1.165, 1.54) is 0 Å². The molecule has 1 aromatic heterocycles. The summed E-state index contributed by atoms with van der Waals surface area (Å²) >= 11 is 7.58. The van der Waals surface area contributed by atoms with Gasteiger partial charge in [-0.1, -0.05) is 28.9 Å². The van der Waals surface area contributed by atoms with Gasteiger partial charge in [-0.2, -0.15) is 0 Å². The molecule has 3 nitrogen and oxygen atoms in total. The Labute approximate surface area is 168 Å². The van der Waals surface area contributed by atoms with Crippen LogP contribution >= 0.6 is 61.1 Å². The number of phenolic OH excluding ortho intramolecular Hbond substituents is 1. The number of benzene rings is 2. The number of carbonyl (C=O) groups is 1. The fourth-order valence-electron chi connectivity index (χ4n) is 2.49. The predicted octanol–water partition coefficient (Wildman–Crippen LogP) is 5.90. The van der Waals surface area contributed by atoms with Crippen LogP contribution in [0.4, 0.5) is 0 Å². The summed E-state index contributed by atoms with van der Waals surface area (Å²) < 4.78 is 8.00. The van der Waals surface area contributed by atoms with Gasteiger partial charge in [-0.15, -0.1) is 0 Å². The van der Waals surface area contributed by atoms with Gasteiger partial charge < -0.3 is 9.52 Å². The average Bonchev–Trinajstić information content (AvgIpc) is 2.91. The van der Waals surface area contributed by atoms with Crippen molar-refractivity contribution in [3.8, 4) is 5.75 Å². The summed E-state index contributed by atoms with van der Waals surface area (Å²) in [7, 11) is 0. The Morgan fingerprint density at radius 1 is 1.26 bits per heavy atom. The largest absolute Gasteiger partial charge is 0.506 e. The third-order valence-electron chi connectivity index (χ3n) is 3.56. The van der Waals surface area contributed by atoms with Crippen LogP contribution in [-0.4, -0.2) is 10.9 Å². The summed E-state index contributed by atoms with van der Waals surface area (Å²) in [6.45, 7) is 1.97. The third kappa shape index (κ3) is 3.05. The van der Waals surface area contributed by atoms with E-state index in [1.54, 1.807) is 12.1 Å². The second-order valence-electron chi connectivity index (χ2n) is 4.98. The Balaban J connectivity index is 2.26. The number of aryl methyl sites for hydroxylation is 1. The SMILES string of the molecule is CCc1oc2cccc(Br)c2c1C(=O)c1cc(I)c(O)c(I)c1. The first-order valence-corrected chi connectivity index (χ1v) is 9.81. The molecule has 23 heavy (non-hydrogen) atoms. The lowest BCUT2D eigenvalue weighted by molar-refractivity contribution is 0.103. The molecule has 0 bridgehead atoms. The minimum atomic E-state index is -0.0941. The van der Waals surface area contributed by atoms with Gasteiger partial charge in [0, 0.05) is 21.8 Å². The molecule has 0 saturated heterocycles. The van der Waals surface area contributed by atoms with E-state index in [0.717, 1.165) is 9.86 Å². The fourth-order valence-corrected chi connectivity index (χ4v) is 4.80. The first-order chi connectivity index (χ1) is 10.9. The predicted molar refractivity (Wildman–Crippen MR) is 110 cm³/mol. The van der Waals surface area contributed by atoms with Crippen LogP contribution in [-0.2, 0) is 6.42 Å². The molecular weight excluding hydrogens is 586 g/mol. The molecule has 1 heterocycles. The summed E-state index contributed by atoms with van der Waals surface area (Å²) in [5.41, 5.74) is 1.83. The number of carbonyl (C=O) groups excluding carboxylic acids is 1. The molecule has 2 aromatic carbocycles. The molecule has 118 valence electrons. The molecule has 0 aliphatic carbocycles. The molecule has 3 rings (SSSR count). The van der Waals surface area contributed by atoms with E-state index in [-0.39, 0.29) is 11.5 Å². The molecule has 0 amide bonds. The molecule has 1 N–H and O–H groups in total. The van der Waals surface area contributed by atoms with Gasteiger partial charge in [0.1, 0.15) is 17.1 Å². The highest BCUT2D eigenvalue weighted by molar-refractivity contribution is 14.1. The fraction of sp³-hybridized carbons (Fsp3) is 0.118. The maximum absolute atomic E-state index is 13.1. The number of hydrogen-bond donors (Lipinski definition) is 1. The van der Waals surface area contributed by atoms with E-state index in [0.29, 0.717) is 36.0 Å². The zero-order valence-corrected chi connectivity index (χ0v) is 17.9. The maximum atomic E-state index is 13.1. The Morgan fingerprint density at radius 2 is 1.91 bits per heavy atom. The van der Waals surface area contributed by atoms with E-state index in [2.05, 4.69) is 15.9 Å². The Bertz CT molecular complexity index is 908. The van der Waals surface area contributed by atoms with E-state index in [1.807, 2.05) is 70.3 Å². The van der Waals surface area contributed by atoms with E-state index in [4.69, 9.17) is 4.42 Å². The van der Waals surface area contributed by atoms with Crippen molar-refractivity contribution in [2.24, 2.45) is 0 Å². The smallest absolute Gasteiger partial charge is 0.197 e. The van der Waals surface area contributed by atoms with Crippen LogP contribution in [0.3, 0.4) is 0 Å². The first kappa shape index (κ1) is 17.2. The quantitative estimate of drug-likeness (QED) is 0.302. The summed E-state index contributed by atoms with van der Waals surface area (Å²) in [6, 6.07) is 9.06. The molecule has 0 fully saturated rings. The van der Waals surface area contributed by atoms with Crippen molar-refractivity contribution in [1.29, 1.82) is 0 Å². The molecule has 3 aromatic rings. The molecule has 0 radical (unpaired) electrons. The summed E-state index contributed by atoms with van der Waals surface area (Å²) in [5.74, 6) is 0.787. The number of furan rings is 1. The molecule has 0 saturated carbocycles. The van der Waals surface area contributed by atoms with Crippen LogP contribution in [0, 0.1) is 7.14 Å². The van der Waals surface area contributed by atoms with Crippen LogP contribution in [0.25, 0.3) is 11.0 Å². The molecule has 0 unspecified atom stereocenters. The zero-order chi connectivity index (χ0) is 16.7. The molecular formula is C17H11BrI2O3. The van der Waals surface area contributed by atoms with Gasteiger partial charge in [-0.25, -0.2) is 0 Å². The van der Waals surface area contributed by atoms with Gasteiger partial charge in [-0.05, 0) is 69.4 Å². The van der Waals surface area contributed by atoms with Crippen LogP contribution in [0.2, 0.25) is 0 Å². The van der Waals surface area contributed by atoms with Crippen molar-refractivity contribution < 1.29 is 14.3 Å². The second-order valence-corrected chi connectivity index (χ2v) is 8.16. The second kappa shape index (κ2) is 6.72.